The third-order valence-electron chi connectivity index (χ3n) is 4.25. The van der Waals surface area contributed by atoms with Gasteiger partial charge in [0.1, 0.15) is 5.76 Å². The highest BCUT2D eigenvalue weighted by molar-refractivity contribution is 5.96. The second kappa shape index (κ2) is 7.31. The zero-order valence-corrected chi connectivity index (χ0v) is 14.2. The summed E-state index contributed by atoms with van der Waals surface area (Å²) in [6.45, 7) is 4.18. The second-order valence-corrected chi connectivity index (χ2v) is 6.23. The van der Waals surface area contributed by atoms with Crippen molar-refractivity contribution < 1.29 is 9.53 Å². The van der Waals surface area contributed by atoms with Gasteiger partial charge in [0.05, 0.1) is 0 Å². The number of benzene rings is 2. The van der Waals surface area contributed by atoms with E-state index in [0.717, 1.165) is 29.6 Å². The normalized spacial score (nSPS) is 17.8. The van der Waals surface area contributed by atoms with Crippen molar-refractivity contribution in [1.29, 1.82) is 0 Å². The Morgan fingerprint density at radius 3 is 2.79 bits per heavy atom. The van der Waals surface area contributed by atoms with E-state index in [1.807, 2.05) is 30.4 Å². The molecule has 0 amide bonds. The largest absolute Gasteiger partial charge is 0.428 e. The van der Waals surface area contributed by atoms with Crippen LogP contribution in [-0.2, 0) is 9.53 Å². The van der Waals surface area contributed by atoms with Crippen LogP contribution in [0.1, 0.15) is 30.9 Å². The molecule has 0 bridgehead atoms. The molecule has 2 nitrogen and oxygen atoms in total. The minimum atomic E-state index is -0.319. The van der Waals surface area contributed by atoms with Crippen LogP contribution < -0.4 is 0 Å². The van der Waals surface area contributed by atoms with E-state index in [9.17, 15) is 4.79 Å². The number of carbonyl (C=O) groups excluding carboxylic acids is 1. The molecule has 0 radical (unpaired) electrons. The summed E-state index contributed by atoms with van der Waals surface area (Å²) in [6, 6.07) is 12.3. The molecule has 1 unspecified atom stereocenters. The number of hydrogen-bond donors (Lipinski definition) is 0. The zero-order chi connectivity index (χ0) is 16.9. The number of aryl methyl sites for hydroxylation is 1. The van der Waals surface area contributed by atoms with Gasteiger partial charge in [-0.25, -0.2) is 4.79 Å². The van der Waals surface area contributed by atoms with Crippen molar-refractivity contribution >= 4 is 22.8 Å². The van der Waals surface area contributed by atoms with Crippen LogP contribution in [0.3, 0.4) is 0 Å². The number of ether oxygens (including phenoxy) is 1. The maximum Gasteiger partial charge on any atom is 0.335 e. The Morgan fingerprint density at radius 2 is 1.96 bits per heavy atom. The lowest BCUT2D eigenvalue weighted by atomic mass is 10.00. The van der Waals surface area contributed by atoms with Crippen LogP contribution in [0.25, 0.3) is 16.8 Å². The van der Waals surface area contributed by atoms with E-state index in [1.54, 1.807) is 0 Å². The summed E-state index contributed by atoms with van der Waals surface area (Å²) in [5.74, 6) is 0.747. The second-order valence-electron chi connectivity index (χ2n) is 6.23. The number of carbonyl (C=O) groups is 1. The standard InChI is InChI=1S/C22H22O2/c1-16-7-3-4-8-19(15-16)24-22(23)14-13-18-12-11-17(2)20-9-5-6-10-21(18)20/h3,5-7,9-16H,4,8H2,1-2H3/b14-13+. The van der Waals surface area contributed by atoms with E-state index in [1.165, 1.54) is 17.0 Å². The topological polar surface area (TPSA) is 26.3 Å². The first-order valence-corrected chi connectivity index (χ1v) is 8.39. The number of rotatable bonds is 3. The Bertz CT molecular complexity index is 840. The van der Waals surface area contributed by atoms with Crippen LogP contribution in [0.5, 0.6) is 0 Å². The lowest BCUT2D eigenvalue weighted by molar-refractivity contribution is -0.133. The average Bonchev–Trinajstić information content (AvgIpc) is 2.78. The molecule has 0 spiro atoms. The maximum atomic E-state index is 12.1. The molecule has 0 heterocycles. The Labute approximate surface area is 143 Å². The fraction of sp³-hybridized carbons (Fsp3) is 0.227. The summed E-state index contributed by atoms with van der Waals surface area (Å²) in [5.41, 5.74) is 2.26. The minimum Gasteiger partial charge on any atom is -0.428 e. The van der Waals surface area contributed by atoms with Gasteiger partial charge >= 0.3 is 5.97 Å². The summed E-state index contributed by atoms with van der Waals surface area (Å²) < 4.78 is 5.49. The van der Waals surface area contributed by atoms with Gasteiger partial charge in [0, 0.05) is 12.5 Å². The first-order chi connectivity index (χ1) is 11.6. The first kappa shape index (κ1) is 16.3. The van der Waals surface area contributed by atoms with Crippen LogP contribution in [0.15, 0.2) is 66.5 Å². The molecule has 24 heavy (non-hydrogen) atoms. The smallest absolute Gasteiger partial charge is 0.335 e. The van der Waals surface area contributed by atoms with E-state index < -0.39 is 0 Å². The number of esters is 1. The summed E-state index contributed by atoms with van der Waals surface area (Å²) in [5, 5.41) is 2.35. The van der Waals surface area contributed by atoms with Gasteiger partial charge in [-0.2, -0.15) is 0 Å². The molecule has 1 aliphatic carbocycles. The molecule has 2 aromatic rings. The van der Waals surface area contributed by atoms with Crippen molar-refractivity contribution in [3.05, 3.63) is 77.6 Å². The van der Waals surface area contributed by atoms with E-state index in [4.69, 9.17) is 4.74 Å². The van der Waals surface area contributed by atoms with Gasteiger partial charge in [-0.3, -0.25) is 0 Å². The van der Waals surface area contributed by atoms with E-state index >= 15 is 0 Å². The van der Waals surface area contributed by atoms with Gasteiger partial charge in [-0.1, -0.05) is 55.5 Å². The SMILES string of the molecule is Cc1ccc(/C=C/C(=O)OC2=CC(C)C=CCC2)c2ccccc12. The predicted molar refractivity (Wildman–Crippen MR) is 99.4 cm³/mol. The molecule has 2 aromatic carbocycles. The van der Waals surface area contributed by atoms with Crippen molar-refractivity contribution in [3.63, 3.8) is 0 Å². The first-order valence-electron chi connectivity index (χ1n) is 8.39. The molecule has 0 aliphatic heterocycles. The predicted octanol–water partition coefficient (Wildman–Crippen LogP) is 5.57. The Balaban J connectivity index is 1.76. The quantitative estimate of drug-likeness (QED) is 0.420. The highest BCUT2D eigenvalue weighted by Gasteiger charge is 2.08. The van der Waals surface area contributed by atoms with Gasteiger partial charge in [0.25, 0.3) is 0 Å². The lowest BCUT2D eigenvalue weighted by Gasteiger charge is -2.07. The number of allylic oxidation sites excluding steroid dienone is 4. The molecule has 0 aromatic heterocycles. The lowest BCUT2D eigenvalue weighted by Crippen LogP contribution is -2.01. The Kier molecular flexibility index (Phi) is 4.95. The van der Waals surface area contributed by atoms with Crippen LogP contribution in [0.2, 0.25) is 0 Å². The number of hydrogen-bond acceptors (Lipinski definition) is 2. The Hall–Kier alpha value is -2.61. The van der Waals surface area contributed by atoms with Crippen molar-refractivity contribution in [3.8, 4) is 0 Å². The van der Waals surface area contributed by atoms with E-state index in [0.29, 0.717) is 5.92 Å². The van der Waals surface area contributed by atoms with E-state index in [-0.39, 0.29) is 5.97 Å². The molecule has 1 aliphatic rings. The molecule has 1 atom stereocenters. The molecule has 2 heteroatoms. The third-order valence-corrected chi connectivity index (χ3v) is 4.25. The molecule has 0 N–H and O–H groups in total. The van der Waals surface area contributed by atoms with Crippen LogP contribution in [-0.4, -0.2) is 5.97 Å². The van der Waals surface area contributed by atoms with E-state index in [2.05, 4.69) is 44.2 Å². The highest BCUT2D eigenvalue weighted by atomic mass is 16.5. The fourth-order valence-corrected chi connectivity index (χ4v) is 2.99. The van der Waals surface area contributed by atoms with Crippen LogP contribution >= 0.6 is 0 Å². The molecular formula is C22H22O2. The number of fused-ring (bicyclic) bond motifs is 1. The average molecular weight is 318 g/mol. The van der Waals surface area contributed by atoms with Gasteiger partial charge in [-0.15, -0.1) is 0 Å². The van der Waals surface area contributed by atoms with Crippen molar-refractivity contribution in [2.75, 3.05) is 0 Å². The summed E-state index contributed by atoms with van der Waals surface area (Å²) in [6.07, 6.45) is 11.3. The van der Waals surface area contributed by atoms with Gasteiger partial charge in [0.15, 0.2) is 0 Å². The zero-order valence-electron chi connectivity index (χ0n) is 14.2. The molecule has 0 saturated carbocycles. The van der Waals surface area contributed by atoms with Crippen LogP contribution in [0.4, 0.5) is 0 Å². The van der Waals surface area contributed by atoms with Crippen molar-refractivity contribution in [2.24, 2.45) is 5.92 Å². The van der Waals surface area contributed by atoms with Crippen molar-refractivity contribution in [2.45, 2.75) is 26.7 Å². The summed E-state index contributed by atoms with van der Waals surface area (Å²) >= 11 is 0. The molecule has 122 valence electrons. The molecule has 0 saturated heterocycles. The Morgan fingerprint density at radius 1 is 1.17 bits per heavy atom. The minimum absolute atomic E-state index is 0.306. The summed E-state index contributed by atoms with van der Waals surface area (Å²) in [7, 11) is 0. The third kappa shape index (κ3) is 3.83. The monoisotopic (exact) mass is 318 g/mol. The summed E-state index contributed by atoms with van der Waals surface area (Å²) in [4.78, 5) is 12.1. The van der Waals surface area contributed by atoms with Gasteiger partial charge in [-0.05, 0) is 53.3 Å². The van der Waals surface area contributed by atoms with Crippen LogP contribution in [0, 0.1) is 12.8 Å². The molecular weight excluding hydrogens is 296 g/mol. The molecule has 3 rings (SSSR count). The fourth-order valence-electron chi connectivity index (χ4n) is 2.99. The van der Waals surface area contributed by atoms with Gasteiger partial charge < -0.3 is 4.74 Å². The van der Waals surface area contributed by atoms with Gasteiger partial charge in [0.2, 0.25) is 0 Å². The highest BCUT2D eigenvalue weighted by Crippen LogP contribution is 2.23. The maximum absolute atomic E-state index is 12.1. The molecule has 0 fully saturated rings. The van der Waals surface area contributed by atoms with Crippen molar-refractivity contribution in [1.82, 2.24) is 0 Å².